The van der Waals surface area contributed by atoms with Crippen LogP contribution < -0.4 is 10.6 Å². The van der Waals surface area contributed by atoms with Gasteiger partial charge in [0, 0.05) is 6.54 Å². The quantitative estimate of drug-likeness (QED) is 0.581. The van der Waals surface area contributed by atoms with E-state index in [-0.39, 0.29) is 18.3 Å². The van der Waals surface area contributed by atoms with Gasteiger partial charge in [0.25, 0.3) is 5.91 Å². The van der Waals surface area contributed by atoms with Crippen LogP contribution >= 0.6 is 0 Å². The van der Waals surface area contributed by atoms with Gasteiger partial charge < -0.3 is 14.8 Å². The number of esters is 1. The van der Waals surface area contributed by atoms with Crippen molar-refractivity contribution < 1.29 is 28.7 Å². The molecule has 3 amide bonds. The Labute approximate surface area is 147 Å². The molecule has 0 aromatic rings. The van der Waals surface area contributed by atoms with E-state index >= 15 is 0 Å². The standard InChI is InChI=1S/C17H26N2O6/c1-17(2,3)25-16(23)18-9-10-4-6-11(7-5-10)15(22)24-12-8-13(20)19-14(12)21/h10-12H,4-9H2,1-3H3,(H,18,23)(H,19,20,21). The van der Waals surface area contributed by atoms with Crippen molar-refractivity contribution in [3.8, 4) is 0 Å². The minimum atomic E-state index is -0.994. The van der Waals surface area contributed by atoms with E-state index in [9.17, 15) is 19.2 Å². The number of carbonyl (C=O) groups excluding carboxylic acids is 4. The highest BCUT2D eigenvalue weighted by Gasteiger charge is 2.36. The first-order valence-electron chi connectivity index (χ1n) is 8.65. The second-order valence-electron chi connectivity index (χ2n) is 7.64. The molecule has 0 bridgehead atoms. The van der Waals surface area contributed by atoms with Gasteiger partial charge in [-0.3, -0.25) is 19.7 Å². The molecule has 0 aromatic heterocycles. The monoisotopic (exact) mass is 354 g/mol. The first-order valence-corrected chi connectivity index (χ1v) is 8.65. The topological polar surface area (TPSA) is 111 Å². The third kappa shape index (κ3) is 6.03. The summed E-state index contributed by atoms with van der Waals surface area (Å²) in [5.41, 5.74) is -0.528. The summed E-state index contributed by atoms with van der Waals surface area (Å²) in [5.74, 6) is -1.36. The summed E-state index contributed by atoms with van der Waals surface area (Å²) in [6.45, 7) is 5.93. The fourth-order valence-electron chi connectivity index (χ4n) is 3.01. The lowest BCUT2D eigenvalue weighted by Crippen LogP contribution is -2.37. The minimum Gasteiger partial charge on any atom is -0.451 e. The van der Waals surface area contributed by atoms with Gasteiger partial charge in [-0.15, -0.1) is 0 Å². The van der Waals surface area contributed by atoms with E-state index in [1.165, 1.54) is 0 Å². The van der Waals surface area contributed by atoms with Gasteiger partial charge >= 0.3 is 12.1 Å². The van der Waals surface area contributed by atoms with Gasteiger partial charge in [-0.1, -0.05) is 0 Å². The molecule has 1 aliphatic heterocycles. The normalized spacial score (nSPS) is 26.8. The van der Waals surface area contributed by atoms with Crippen molar-refractivity contribution in [2.45, 2.75) is 64.6 Å². The second-order valence-corrected chi connectivity index (χ2v) is 7.64. The Hall–Kier alpha value is -2.12. The molecule has 2 fully saturated rings. The van der Waals surface area contributed by atoms with E-state index < -0.39 is 35.6 Å². The molecular weight excluding hydrogens is 328 g/mol. The Morgan fingerprint density at radius 1 is 1.16 bits per heavy atom. The van der Waals surface area contributed by atoms with Crippen molar-refractivity contribution >= 4 is 23.9 Å². The van der Waals surface area contributed by atoms with Crippen molar-refractivity contribution in [2.24, 2.45) is 11.8 Å². The highest BCUT2D eigenvalue weighted by atomic mass is 16.6. The van der Waals surface area contributed by atoms with Gasteiger partial charge in [-0.25, -0.2) is 4.79 Å². The van der Waals surface area contributed by atoms with Crippen LogP contribution in [-0.4, -0.2) is 42.1 Å². The number of carbonyl (C=O) groups is 4. The lowest BCUT2D eigenvalue weighted by molar-refractivity contribution is -0.159. The molecule has 140 valence electrons. The zero-order valence-electron chi connectivity index (χ0n) is 14.9. The summed E-state index contributed by atoms with van der Waals surface area (Å²) < 4.78 is 10.4. The summed E-state index contributed by atoms with van der Waals surface area (Å²) in [5, 5.41) is 4.87. The SMILES string of the molecule is CC(C)(C)OC(=O)NCC1CCC(C(=O)OC2CC(=O)NC2=O)CC1. The Balaban J connectivity index is 1.69. The maximum absolute atomic E-state index is 12.1. The smallest absolute Gasteiger partial charge is 0.407 e. The second kappa shape index (κ2) is 7.84. The molecule has 2 aliphatic rings. The third-order valence-corrected chi connectivity index (χ3v) is 4.30. The molecule has 8 heteroatoms. The number of hydrogen-bond acceptors (Lipinski definition) is 6. The average Bonchev–Trinajstić information content (AvgIpc) is 2.81. The van der Waals surface area contributed by atoms with Crippen molar-refractivity contribution in [3.63, 3.8) is 0 Å². The number of alkyl carbamates (subject to hydrolysis) is 1. The van der Waals surface area contributed by atoms with Gasteiger partial charge in [0.15, 0.2) is 6.10 Å². The summed E-state index contributed by atoms with van der Waals surface area (Å²) in [7, 11) is 0. The average molecular weight is 354 g/mol. The number of nitrogens with one attached hydrogen (secondary N) is 2. The molecule has 25 heavy (non-hydrogen) atoms. The molecule has 2 N–H and O–H groups in total. The summed E-state index contributed by atoms with van der Waals surface area (Å²) >= 11 is 0. The summed E-state index contributed by atoms with van der Waals surface area (Å²) in [6, 6.07) is 0. The molecule has 1 saturated carbocycles. The van der Waals surface area contributed by atoms with Crippen LogP contribution in [0.3, 0.4) is 0 Å². The lowest BCUT2D eigenvalue weighted by Gasteiger charge is -2.28. The Bertz CT molecular complexity index is 546. The lowest BCUT2D eigenvalue weighted by atomic mass is 9.82. The van der Waals surface area contributed by atoms with Gasteiger partial charge in [0.2, 0.25) is 5.91 Å². The van der Waals surface area contributed by atoms with E-state index in [1.807, 2.05) is 20.8 Å². The predicted molar refractivity (Wildman–Crippen MR) is 87.3 cm³/mol. The zero-order valence-corrected chi connectivity index (χ0v) is 14.9. The molecular formula is C17H26N2O6. The highest BCUT2D eigenvalue weighted by molar-refractivity contribution is 6.05. The summed E-state index contributed by atoms with van der Waals surface area (Å²) in [4.78, 5) is 46.3. The van der Waals surface area contributed by atoms with Gasteiger partial charge in [-0.2, -0.15) is 0 Å². The van der Waals surface area contributed by atoms with E-state index in [0.717, 1.165) is 12.8 Å². The first-order chi connectivity index (χ1) is 11.6. The Morgan fingerprint density at radius 2 is 1.80 bits per heavy atom. The maximum Gasteiger partial charge on any atom is 0.407 e. The van der Waals surface area contributed by atoms with Crippen LogP contribution in [0.1, 0.15) is 52.9 Å². The van der Waals surface area contributed by atoms with E-state index in [0.29, 0.717) is 19.4 Å². The van der Waals surface area contributed by atoms with Crippen molar-refractivity contribution in [1.29, 1.82) is 0 Å². The van der Waals surface area contributed by atoms with Crippen LogP contribution in [0.2, 0.25) is 0 Å². The largest absolute Gasteiger partial charge is 0.451 e. The van der Waals surface area contributed by atoms with E-state index in [2.05, 4.69) is 10.6 Å². The van der Waals surface area contributed by atoms with Crippen molar-refractivity contribution in [2.75, 3.05) is 6.54 Å². The van der Waals surface area contributed by atoms with Crippen LogP contribution in [0.4, 0.5) is 4.79 Å². The van der Waals surface area contributed by atoms with Gasteiger partial charge in [0.1, 0.15) is 5.60 Å². The number of amides is 3. The number of ether oxygens (including phenoxy) is 2. The van der Waals surface area contributed by atoms with Crippen molar-refractivity contribution in [3.05, 3.63) is 0 Å². The number of imide groups is 1. The van der Waals surface area contributed by atoms with E-state index in [1.54, 1.807) is 0 Å². The van der Waals surface area contributed by atoms with Crippen LogP contribution in [-0.2, 0) is 23.9 Å². The molecule has 1 saturated heterocycles. The molecule has 0 spiro atoms. The van der Waals surface area contributed by atoms with E-state index in [4.69, 9.17) is 9.47 Å². The molecule has 1 atom stereocenters. The Kier molecular flexibility index (Phi) is 6.02. The summed E-state index contributed by atoms with van der Waals surface area (Å²) in [6.07, 6.45) is 1.32. The fraction of sp³-hybridized carbons (Fsp3) is 0.765. The third-order valence-electron chi connectivity index (χ3n) is 4.30. The molecule has 1 heterocycles. The molecule has 2 rings (SSSR count). The number of rotatable bonds is 4. The van der Waals surface area contributed by atoms with Crippen LogP contribution in [0, 0.1) is 11.8 Å². The molecule has 8 nitrogen and oxygen atoms in total. The van der Waals surface area contributed by atoms with Crippen LogP contribution in [0.5, 0.6) is 0 Å². The molecule has 1 aliphatic carbocycles. The van der Waals surface area contributed by atoms with Gasteiger partial charge in [0.05, 0.1) is 12.3 Å². The first kappa shape index (κ1) is 19.2. The number of hydrogen-bond donors (Lipinski definition) is 2. The van der Waals surface area contributed by atoms with Crippen LogP contribution in [0.15, 0.2) is 0 Å². The zero-order chi connectivity index (χ0) is 18.6. The van der Waals surface area contributed by atoms with Crippen molar-refractivity contribution in [1.82, 2.24) is 10.6 Å². The minimum absolute atomic E-state index is 0.0975. The molecule has 0 aromatic carbocycles. The highest BCUT2D eigenvalue weighted by Crippen LogP contribution is 2.30. The molecule has 1 unspecified atom stereocenters. The van der Waals surface area contributed by atoms with Crippen LogP contribution in [0.25, 0.3) is 0 Å². The Morgan fingerprint density at radius 3 is 2.32 bits per heavy atom. The predicted octanol–water partition coefficient (Wildman–Crippen LogP) is 1.28. The van der Waals surface area contributed by atoms with Gasteiger partial charge in [-0.05, 0) is 52.4 Å². The molecule has 0 radical (unpaired) electrons. The fourth-order valence-corrected chi connectivity index (χ4v) is 3.01. The maximum atomic E-state index is 12.1.